The fraction of sp³-hybridized carbons (Fsp3) is 0.500. The number of benzene rings is 3. The number of phenols is 1. The third kappa shape index (κ3) is 5.61. The van der Waals surface area contributed by atoms with E-state index in [-0.39, 0.29) is 37.6 Å². The van der Waals surface area contributed by atoms with Gasteiger partial charge in [0.15, 0.2) is 40.0 Å². The molecule has 0 radical (unpaired) electrons. The highest BCUT2D eigenvalue weighted by Crippen LogP contribution is 2.63. The number of aliphatic hydroxyl groups excluding tert-OH is 1. The number of hydrogen-bond donors (Lipinski definition) is 4. The Morgan fingerprint density at radius 2 is 1.88 bits per heavy atom. The van der Waals surface area contributed by atoms with Crippen LogP contribution in [0, 0.1) is 25.2 Å². The molecule has 0 amide bonds. The van der Waals surface area contributed by atoms with Crippen LogP contribution >= 0.6 is 11.8 Å². The minimum Gasteiger partial charge on any atom is -0.504 e. The molecule has 7 heterocycles. The molecule has 306 valence electrons. The number of aryl methyl sites for hydroxylation is 1. The monoisotopic (exact) mass is 814 g/mol. The van der Waals surface area contributed by atoms with Crippen molar-refractivity contribution in [2.45, 2.75) is 87.6 Å². The number of esters is 2. The number of aromatic hydroxyl groups is 1. The second-order valence-electron chi connectivity index (χ2n) is 15.8. The summed E-state index contributed by atoms with van der Waals surface area (Å²) in [6, 6.07) is 5.38. The van der Waals surface area contributed by atoms with Gasteiger partial charge in [0.05, 0.1) is 44.2 Å². The molecule has 3 aromatic carbocycles. The van der Waals surface area contributed by atoms with Gasteiger partial charge in [-0.1, -0.05) is 6.07 Å². The SMILES string of the molecule is COc1cc2c(cc1OC(C)CO)CCN[C@]21CS[C@@H]2c3c(OC(C)=O)c(C)c4c(c3C(COC1=O)N1[C@@H]2[C@@H]2N[C@@H](Cc3cc(C)c(OC)c(O)c32)[C@@H]1C#N)OCO4. The topological polar surface area (TPSA) is 190 Å². The van der Waals surface area contributed by atoms with Crippen molar-refractivity contribution in [3.05, 3.63) is 62.7 Å². The van der Waals surface area contributed by atoms with Crippen molar-refractivity contribution in [3.63, 3.8) is 0 Å². The predicted molar refractivity (Wildman–Crippen MR) is 209 cm³/mol. The molecule has 2 saturated heterocycles. The Morgan fingerprint density at radius 3 is 2.60 bits per heavy atom. The maximum absolute atomic E-state index is 14.9. The number of rotatable bonds is 6. The highest BCUT2D eigenvalue weighted by atomic mass is 32.2. The third-order valence-corrected chi connectivity index (χ3v) is 14.0. The van der Waals surface area contributed by atoms with Gasteiger partial charge in [0.2, 0.25) is 6.79 Å². The third-order valence-electron chi connectivity index (χ3n) is 12.5. The normalized spacial score (nSPS) is 28.2. The van der Waals surface area contributed by atoms with Gasteiger partial charge < -0.3 is 48.7 Å². The van der Waals surface area contributed by atoms with Crippen molar-refractivity contribution in [2.75, 3.05) is 46.5 Å². The van der Waals surface area contributed by atoms with E-state index in [1.807, 2.05) is 32.0 Å². The van der Waals surface area contributed by atoms with Gasteiger partial charge >= 0.3 is 11.9 Å². The Bertz CT molecular complexity index is 2280. The van der Waals surface area contributed by atoms with Crippen LogP contribution in [0.2, 0.25) is 0 Å². The van der Waals surface area contributed by atoms with Gasteiger partial charge in [-0.25, -0.2) is 4.79 Å². The zero-order valence-corrected chi connectivity index (χ0v) is 33.9. The summed E-state index contributed by atoms with van der Waals surface area (Å²) in [4.78, 5) is 30.0. The molecule has 2 unspecified atom stereocenters. The second-order valence-corrected chi connectivity index (χ2v) is 16.9. The number of nitrogens with zero attached hydrogens (tertiary/aromatic N) is 2. The standard InChI is InChI=1S/C42H46N4O11S/c1-18-9-23-10-25-26(13-43)46-27-15-53-41(50)42(24-12-28(51-5)29(56-19(2)14-47)11-22(24)7-8-44-42)16-58-40(34(46)33(45-25)30(23)35(49)36(18)52-6)32-31(27)39-38(54-17-55-39)20(3)37(32)57-21(4)48/h9,11-12,19,25-27,33-34,40,44-45,47,49H,7-8,10,14-17H2,1-6H3/t19?,25-,26-,27?,33+,34+,40+,42+/m0/s1. The molecule has 0 aliphatic carbocycles. The number of fused-ring (bicyclic) bond motifs is 9. The van der Waals surface area contributed by atoms with Crippen LogP contribution in [-0.4, -0.2) is 97.8 Å². The number of nitriles is 1. The van der Waals surface area contributed by atoms with Gasteiger partial charge in [-0.2, -0.15) is 5.26 Å². The number of methoxy groups -OCH3 is 2. The van der Waals surface area contributed by atoms with Crippen LogP contribution in [-0.2, 0) is 32.7 Å². The molecule has 58 heavy (non-hydrogen) atoms. The number of carbonyl (C=O) groups excluding carboxylic acids is 2. The number of phenolic OH excluding ortho intramolecular Hbond substituents is 1. The van der Waals surface area contributed by atoms with Crippen LogP contribution in [0.1, 0.15) is 75.7 Å². The van der Waals surface area contributed by atoms with Crippen molar-refractivity contribution in [1.82, 2.24) is 15.5 Å². The number of carbonyl (C=O) groups is 2. The lowest BCUT2D eigenvalue weighted by atomic mass is 9.72. The van der Waals surface area contributed by atoms with Crippen molar-refractivity contribution >= 4 is 23.7 Å². The quantitative estimate of drug-likeness (QED) is 0.208. The van der Waals surface area contributed by atoms with Crippen LogP contribution in [0.5, 0.6) is 40.2 Å². The summed E-state index contributed by atoms with van der Waals surface area (Å²) in [6.45, 7) is 6.83. The number of aliphatic hydroxyl groups is 1. The summed E-state index contributed by atoms with van der Waals surface area (Å²) in [6.07, 6.45) is 0.555. The average Bonchev–Trinajstić information content (AvgIpc) is 3.70. The molecule has 1 spiro atoms. The molecular formula is C42H46N4O11S. The first-order chi connectivity index (χ1) is 28.0. The van der Waals surface area contributed by atoms with Gasteiger partial charge in [-0.15, -0.1) is 11.8 Å². The first-order valence-corrected chi connectivity index (χ1v) is 20.5. The number of thioether (sulfide) groups is 1. The lowest BCUT2D eigenvalue weighted by Crippen LogP contribution is -2.69. The molecule has 16 heteroatoms. The highest BCUT2D eigenvalue weighted by molar-refractivity contribution is 7.99. The van der Waals surface area contributed by atoms with E-state index in [0.29, 0.717) is 81.7 Å². The number of nitrogens with one attached hydrogen (secondary N) is 2. The van der Waals surface area contributed by atoms with Gasteiger partial charge in [-0.05, 0) is 68.0 Å². The summed E-state index contributed by atoms with van der Waals surface area (Å²) in [5.74, 6) is 1.57. The summed E-state index contributed by atoms with van der Waals surface area (Å²) in [5, 5.41) is 39.5. The minimum absolute atomic E-state index is 0.0236. The molecule has 10 rings (SSSR count). The second kappa shape index (κ2) is 14.4. The number of ether oxygens (including phenoxy) is 7. The molecule has 7 aliphatic rings. The van der Waals surface area contributed by atoms with Crippen LogP contribution in [0.4, 0.5) is 0 Å². The minimum atomic E-state index is -1.37. The van der Waals surface area contributed by atoms with E-state index in [2.05, 4.69) is 21.6 Å². The Balaban J connectivity index is 1.29. The summed E-state index contributed by atoms with van der Waals surface area (Å²) in [7, 11) is 3.05. The highest BCUT2D eigenvalue weighted by Gasteiger charge is 2.60. The van der Waals surface area contributed by atoms with Gasteiger partial charge in [0.25, 0.3) is 0 Å². The van der Waals surface area contributed by atoms with Crippen molar-refractivity contribution < 1.29 is 53.0 Å². The summed E-state index contributed by atoms with van der Waals surface area (Å²) < 4.78 is 42.4. The van der Waals surface area contributed by atoms with Crippen molar-refractivity contribution in [3.8, 4) is 46.3 Å². The van der Waals surface area contributed by atoms with E-state index in [4.69, 9.17) is 33.2 Å². The van der Waals surface area contributed by atoms with Crippen LogP contribution in [0.25, 0.3) is 0 Å². The molecule has 0 aromatic heterocycles. The van der Waals surface area contributed by atoms with E-state index in [1.165, 1.54) is 32.9 Å². The summed E-state index contributed by atoms with van der Waals surface area (Å²) in [5.41, 5.74) is 4.43. The van der Waals surface area contributed by atoms with E-state index < -0.39 is 53.0 Å². The van der Waals surface area contributed by atoms with Crippen LogP contribution in [0.15, 0.2) is 18.2 Å². The smallest absolute Gasteiger partial charge is 0.331 e. The van der Waals surface area contributed by atoms with Crippen molar-refractivity contribution in [1.29, 1.82) is 5.26 Å². The fourth-order valence-electron chi connectivity index (χ4n) is 10.1. The molecular weight excluding hydrogens is 769 g/mol. The lowest BCUT2D eigenvalue weighted by molar-refractivity contribution is -0.155. The zero-order valence-electron chi connectivity index (χ0n) is 33.1. The largest absolute Gasteiger partial charge is 0.504 e. The van der Waals surface area contributed by atoms with Crippen LogP contribution < -0.4 is 39.1 Å². The van der Waals surface area contributed by atoms with E-state index >= 15 is 0 Å². The Hall–Kier alpha value is -4.92. The van der Waals surface area contributed by atoms with Gasteiger partial charge in [-0.3, -0.25) is 15.0 Å². The van der Waals surface area contributed by atoms with E-state index in [1.54, 1.807) is 6.92 Å². The summed E-state index contributed by atoms with van der Waals surface area (Å²) >= 11 is 1.48. The first-order valence-electron chi connectivity index (χ1n) is 19.5. The molecule has 7 aliphatic heterocycles. The maximum Gasteiger partial charge on any atom is 0.331 e. The molecule has 4 bridgehead atoms. The Morgan fingerprint density at radius 1 is 1.09 bits per heavy atom. The van der Waals surface area contributed by atoms with Gasteiger partial charge in [0.1, 0.15) is 24.5 Å². The van der Waals surface area contributed by atoms with E-state index in [9.17, 15) is 25.1 Å². The fourth-order valence-corrected chi connectivity index (χ4v) is 11.8. The molecule has 8 atom stereocenters. The van der Waals surface area contributed by atoms with Crippen LogP contribution in [0.3, 0.4) is 0 Å². The first kappa shape index (κ1) is 38.6. The van der Waals surface area contributed by atoms with Crippen molar-refractivity contribution in [2.24, 2.45) is 0 Å². The molecule has 15 nitrogen and oxygen atoms in total. The Labute approximate surface area is 339 Å². The number of hydrogen-bond acceptors (Lipinski definition) is 16. The van der Waals surface area contributed by atoms with E-state index in [0.717, 1.165) is 16.7 Å². The molecule has 4 N–H and O–H groups in total. The number of piperazine rings is 1. The predicted octanol–water partition coefficient (Wildman–Crippen LogP) is 3.70. The molecule has 0 saturated carbocycles. The molecule has 2 fully saturated rings. The zero-order chi connectivity index (χ0) is 40.8. The Kier molecular flexibility index (Phi) is 9.59. The van der Waals surface area contributed by atoms with Gasteiger partial charge in [0, 0.05) is 53.6 Å². The lowest BCUT2D eigenvalue weighted by Gasteiger charge is -2.59. The molecule has 3 aromatic rings. The maximum atomic E-state index is 14.9. The average molecular weight is 815 g/mol.